The Labute approximate surface area is 132 Å². The summed E-state index contributed by atoms with van der Waals surface area (Å²) in [7, 11) is 0. The molecule has 2 aromatic rings. The number of halogens is 1. The second-order valence-corrected chi connectivity index (χ2v) is 6.56. The van der Waals surface area contributed by atoms with Gasteiger partial charge in [0.25, 0.3) is 5.91 Å². The number of aromatic nitrogens is 1. The quantitative estimate of drug-likeness (QED) is 0.942. The monoisotopic (exact) mass is 319 g/mol. The highest BCUT2D eigenvalue weighted by Crippen LogP contribution is 2.34. The van der Waals surface area contributed by atoms with Crippen molar-refractivity contribution in [1.29, 1.82) is 0 Å². The molecule has 1 aliphatic rings. The van der Waals surface area contributed by atoms with Crippen molar-refractivity contribution in [3.05, 3.63) is 51.7 Å². The van der Waals surface area contributed by atoms with Crippen molar-refractivity contribution < 1.29 is 9.18 Å². The van der Waals surface area contributed by atoms with Crippen molar-refractivity contribution in [2.75, 3.05) is 6.54 Å². The van der Waals surface area contributed by atoms with Crippen molar-refractivity contribution >= 4 is 17.2 Å². The average molecular weight is 319 g/mol. The van der Waals surface area contributed by atoms with Gasteiger partial charge in [-0.05, 0) is 25.5 Å². The molecule has 1 fully saturated rings. The van der Waals surface area contributed by atoms with E-state index in [1.165, 1.54) is 23.6 Å². The van der Waals surface area contributed by atoms with Gasteiger partial charge in [-0.2, -0.15) is 0 Å². The van der Waals surface area contributed by atoms with E-state index in [0.717, 1.165) is 30.8 Å². The largest absolute Gasteiger partial charge is 0.365 e. The molecule has 6 heteroatoms. The molecule has 1 atom stereocenters. The Bertz CT molecular complexity index is 673. The van der Waals surface area contributed by atoms with Crippen LogP contribution in [0.3, 0.4) is 0 Å². The number of thiazole rings is 1. The third-order valence-electron chi connectivity index (χ3n) is 4.00. The van der Waals surface area contributed by atoms with Crippen molar-refractivity contribution in [2.24, 2.45) is 5.73 Å². The summed E-state index contributed by atoms with van der Waals surface area (Å²) in [5.41, 5.74) is 6.00. The van der Waals surface area contributed by atoms with E-state index in [9.17, 15) is 9.18 Å². The molecule has 1 unspecified atom stereocenters. The number of primary amides is 1. The lowest BCUT2D eigenvalue weighted by molar-refractivity contribution is 0.100. The van der Waals surface area contributed by atoms with E-state index in [-0.39, 0.29) is 11.9 Å². The molecule has 1 aromatic carbocycles. The minimum Gasteiger partial charge on any atom is -0.365 e. The van der Waals surface area contributed by atoms with Crippen LogP contribution in [0.4, 0.5) is 4.39 Å². The van der Waals surface area contributed by atoms with E-state index in [2.05, 4.69) is 9.88 Å². The molecule has 1 aromatic heterocycles. The fourth-order valence-corrected chi connectivity index (χ4v) is 3.80. The standard InChI is InChI=1S/C16H18FN3OS/c17-12-6-2-1-5-11(12)10-20-8-4-3-7-13(20)16-19-9-14(22-16)15(18)21/h1-2,5-6,9,13H,3-4,7-8,10H2,(H2,18,21). The van der Waals surface area contributed by atoms with Gasteiger partial charge in [0.1, 0.15) is 15.7 Å². The predicted octanol–water partition coefficient (Wildman–Crippen LogP) is 3.11. The van der Waals surface area contributed by atoms with Crippen molar-refractivity contribution in [2.45, 2.75) is 31.8 Å². The summed E-state index contributed by atoms with van der Waals surface area (Å²) in [6.45, 7) is 1.47. The van der Waals surface area contributed by atoms with E-state index in [1.807, 2.05) is 12.1 Å². The minimum absolute atomic E-state index is 0.131. The number of amides is 1. The van der Waals surface area contributed by atoms with Crippen LogP contribution < -0.4 is 5.73 Å². The van der Waals surface area contributed by atoms with Crippen molar-refractivity contribution in [3.63, 3.8) is 0 Å². The molecule has 2 N–H and O–H groups in total. The molecule has 22 heavy (non-hydrogen) atoms. The summed E-state index contributed by atoms with van der Waals surface area (Å²) < 4.78 is 13.9. The molecular formula is C16H18FN3OS. The maximum atomic E-state index is 13.9. The minimum atomic E-state index is -0.444. The first-order valence-electron chi connectivity index (χ1n) is 7.38. The number of hydrogen-bond acceptors (Lipinski definition) is 4. The number of carbonyl (C=O) groups is 1. The number of rotatable bonds is 4. The van der Waals surface area contributed by atoms with Crippen LogP contribution in [0, 0.1) is 5.82 Å². The van der Waals surface area contributed by atoms with Crippen LogP contribution >= 0.6 is 11.3 Å². The number of hydrogen-bond donors (Lipinski definition) is 1. The Morgan fingerprint density at radius 2 is 2.23 bits per heavy atom. The number of nitrogens with two attached hydrogens (primary N) is 1. The summed E-state index contributed by atoms with van der Waals surface area (Å²) in [5, 5.41) is 0.893. The summed E-state index contributed by atoms with van der Waals surface area (Å²) in [5.74, 6) is -0.621. The zero-order chi connectivity index (χ0) is 15.5. The molecule has 1 aliphatic heterocycles. The fourth-order valence-electron chi connectivity index (χ4n) is 2.86. The van der Waals surface area contributed by atoms with Gasteiger partial charge in [-0.25, -0.2) is 9.37 Å². The third kappa shape index (κ3) is 3.18. The smallest absolute Gasteiger partial charge is 0.260 e. The highest BCUT2D eigenvalue weighted by molar-refractivity contribution is 7.13. The van der Waals surface area contributed by atoms with Gasteiger partial charge in [0, 0.05) is 12.1 Å². The predicted molar refractivity (Wildman–Crippen MR) is 84.0 cm³/mol. The zero-order valence-electron chi connectivity index (χ0n) is 12.2. The van der Waals surface area contributed by atoms with Gasteiger partial charge < -0.3 is 5.73 Å². The molecule has 2 heterocycles. The number of piperidine rings is 1. The van der Waals surface area contributed by atoms with Gasteiger partial charge in [0.15, 0.2) is 0 Å². The Morgan fingerprint density at radius 3 is 2.95 bits per heavy atom. The fraction of sp³-hybridized carbons (Fsp3) is 0.375. The first-order chi connectivity index (χ1) is 10.6. The maximum Gasteiger partial charge on any atom is 0.260 e. The molecule has 0 saturated carbocycles. The number of nitrogens with zero attached hydrogens (tertiary/aromatic N) is 2. The lowest BCUT2D eigenvalue weighted by Gasteiger charge is -2.34. The SMILES string of the molecule is NC(=O)c1cnc(C2CCCCN2Cc2ccccc2F)s1. The highest BCUT2D eigenvalue weighted by atomic mass is 32.1. The second-order valence-electron chi connectivity index (χ2n) is 5.50. The Kier molecular flexibility index (Phi) is 4.49. The normalized spacial score (nSPS) is 19.2. The van der Waals surface area contributed by atoms with Crippen LogP contribution in [0.1, 0.15) is 45.5 Å². The lowest BCUT2D eigenvalue weighted by atomic mass is 10.0. The van der Waals surface area contributed by atoms with E-state index in [4.69, 9.17) is 5.73 Å². The van der Waals surface area contributed by atoms with Crippen LogP contribution in [0.5, 0.6) is 0 Å². The molecular weight excluding hydrogens is 301 g/mol. The molecule has 0 aliphatic carbocycles. The topological polar surface area (TPSA) is 59.2 Å². The molecule has 3 rings (SSSR count). The second kappa shape index (κ2) is 6.54. The molecule has 0 radical (unpaired) electrons. The Hall–Kier alpha value is -1.79. The van der Waals surface area contributed by atoms with Crippen LogP contribution in [0.25, 0.3) is 0 Å². The van der Waals surface area contributed by atoms with Gasteiger partial charge in [-0.1, -0.05) is 24.6 Å². The summed E-state index contributed by atoms with van der Waals surface area (Å²) in [6, 6.07) is 6.99. The number of likely N-dealkylation sites (tertiary alicyclic amines) is 1. The first-order valence-corrected chi connectivity index (χ1v) is 8.20. The Morgan fingerprint density at radius 1 is 1.41 bits per heavy atom. The molecule has 4 nitrogen and oxygen atoms in total. The highest BCUT2D eigenvalue weighted by Gasteiger charge is 2.27. The molecule has 0 spiro atoms. The van der Waals surface area contributed by atoms with Gasteiger partial charge in [-0.15, -0.1) is 11.3 Å². The molecule has 1 saturated heterocycles. The molecule has 1 amide bonds. The van der Waals surface area contributed by atoms with E-state index >= 15 is 0 Å². The maximum absolute atomic E-state index is 13.9. The van der Waals surface area contributed by atoms with Crippen molar-refractivity contribution in [1.82, 2.24) is 9.88 Å². The summed E-state index contributed by atoms with van der Waals surface area (Å²) >= 11 is 1.34. The van der Waals surface area contributed by atoms with Gasteiger partial charge in [0.2, 0.25) is 0 Å². The third-order valence-corrected chi connectivity index (χ3v) is 5.11. The summed E-state index contributed by atoms with van der Waals surface area (Å²) in [4.78, 5) is 18.3. The lowest BCUT2D eigenvalue weighted by Crippen LogP contribution is -2.33. The molecule has 116 valence electrons. The average Bonchev–Trinajstić information content (AvgIpc) is 3.00. The van der Waals surface area contributed by atoms with Gasteiger partial charge >= 0.3 is 0 Å². The van der Waals surface area contributed by atoms with E-state index in [0.29, 0.717) is 17.0 Å². The van der Waals surface area contributed by atoms with E-state index in [1.54, 1.807) is 6.07 Å². The van der Waals surface area contributed by atoms with Gasteiger partial charge in [-0.3, -0.25) is 9.69 Å². The summed E-state index contributed by atoms with van der Waals surface area (Å²) in [6.07, 6.45) is 4.72. The van der Waals surface area contributed by atoms with E-state index < -0.39 is 5.91 Å². The van der Waals surface area contributed by atoms with Crippen LogP contribution in [0.15, 0.2) is 30.5 Å². The van der Waals surface area contributed by atoms with Gasteiger partial charge in [0.05, 0.1) is 12.2 Å². The van der Waals surface area contributed by atoms with Crippen LogP contribution in [-0.4, -0.2) is 22.3 Å². The first kappa shape index (κ1) is 15.1. The van der Waals surface area contributed by atoms with Crippen LogP contribution in [0.2, 0.25) is 0 Å². The Balaban J connectivity index is 1.81. The molecule has 0 bridgehead atoms. The van der Waals surface area contributed by atoms with Crippen LogP contribution in [-0.2, 0) is 6.54 Å². The number of carbonyl (C=O) groups excluding carboxylic acids is 1. The van der Waals surface area contributed by atoms with Crippen molar-refractivity contribution in [3.8, 4) is 0 Å². The zero-order valence-corrected chi connectivity index (χ0v) is 13.0. The number of benzene rings is 1.